The average Bonchev–Trinajstić information content (AvgIpc) is 3.04. The molecule has 1 fully saturated rings. The van der Waals surface area contributed by atoms with Gasteiger partial charge in [-0.3, -0.25) is 15.0 Å². The number of aromatic nitrogens is 2. The molecule has 1 aliphatic rings. The predicted octanol–water partition coefficient (Wildman–Crippen LogP) is 3.48. The molecule has 6 nitrogen and oxygen atoms in total. The lowest BCUT2D eigenvalue weighted by Crippen LogP contribution is -2.38. The lowest BCUT2D eigenvalue weighted by molar-refractivity contribution is 0.0994. The van der Waals surface area contributed by atoms with Crippen LogP contribution in [0.5, 0.6) is 0 Å². The number of nitrogens with one attached hydrogen (secondary N) is 1. The van der Waals surface area contributed by atoms with Crippen molar-refractivity contribution >= 4 is 22.4 Å². The first-order chi connectivity index (χ1) is 11.4. The minimum absolute atomic E-state index is 0.253. The number of rotatable bonds is 4. The van der Waals surface area contributed by atoms with Gasteiger partial charge in [0.2, 0.25) is 5.76 Å². The highest BCUT2D eigenvalue weighted by atomic mass is 32.1. The van der Waals surface area contributed by atoms with Gasteiger partial charge in [0.25, 0.3) is 5.91 Å². The van der Waals surface area contributed by atoms with E-state index in [1.165, 1.54) is 17.8 Å². The molecule has 0 aliphatic carbocycles. The fourth-order valence-electron chi connectivity index (χ4n) is 3.48. The van der Waals surface area contributed by atoms with Crippen molar-refractivity contribution in [2.75, 3.05) is 18.4 Å². The Labute approximate surface area is 146 Å². The van der Waals surface area contributed by atoms with Gasteiger partial charge in [-0.15, -0.1) is 11.3 Å². The van der Waals surface area contributed by atoms with Crippen LogP contribution in [0.15, 0.2) is 9.80 Å². The van der Waals surface area contributed by atoms with E-state index in [2.05, 4.69) is 34.0 Å². The molecule has 0 spiro atoms. The molecule has 130 valence electrons. The van der Waals surface area contributed by atoms with Gasteiger partial charge in [-0.25, -0.2) is 9.97 Å². The lowest BCUT2D eigenvalue weighted by atomic mass is 9.92. The summed E-state index contributed by atoms with van der Waals surface area (Å²) in [7, 11) is 0. The zero-order valence-corrected chi connectivity index (χ0v) is 15.4. The number of piperidine rings is 1. The van der Waals surface area contributed by atoms with Crippen LogP contribution in [-0.4, -0.2) is 33.9 Å². The van der Waals surface area contributed by atoms with Gasteiger partial charge >= 0.3 is 0 Å². The van der Waals surface area contributed by atoms with E-state index in [1.807, 2.05) is 5.38 Å². The molecule has 0 radical (unpaired) electrons. The molecule has 1 saturated heterocycles. The molecule has 2 aromatic heterocycles. The first kappa shape index (κ1) is 17.1. The molecule has 0 saturated carbocycles. The van der Waals surface area contributed by atoms with Crippen LogP contribution in [0.1, 0.15) is 48.1 Å². The number of aryl methyl sites for hydroxylation is 2. The number of hydrogen-bond acceptors (Lipinski definition) is 6. The molecule has 2 aromatic rings. The van der Waals surface area contributed by atoms with Crippen molar-refractivity contribution in [3.05, 3.63) is 28.4 Å². The first-order valence-corrected chi connectivity index (χ1v) is 9.20. The summed E-state index contributed by atoms with van der Waals surface area (Å²) in [6.45, 7) is 11.2. The lowest BCUT2D eigenvalue weighted by Gasteiger charge is -2.34. The molecule has 0 bridgehead atoms. The maximum Gasteiger partial charge on any atom is 0.295 e. The molecule has 24 heavy (non-hydrogen) atoms. The van der Waals surface area contributed by atoms with Crippen molar-refractivity contribution in [2.45, 2.75) is 40.7 Å². The van der Waals surface area contributed by atoms with Crippen molar-refractivity contribution < 1.29 is 9.21 Å². The molecular weight excluding hydrogens is 324 g/mol. The Morgan fingerprint density at radius 2 is 2.04 bits per heavy atom. The Morgan fingerprint density at radius 3 is 2.67 bits per heavy atom. The van der Waals surface area contributed by atoms with Crippen molar-refractivity contribution in [1.82, 2.24) is 14.9 Å². The number of hydrogen-bond donors (Lipinski definition) is 1. The van der Waals surface area contributed by atoms with E-state index in [4.69, 9.17) is 4.42 Å². The Kier molecular flexibility index (Phi) is 5.01. The summed E-state index contributed by atoms with van der Waals surface area (Å²) in [5.74, 6) is 1.90. The highest BCUT2D eigenvalue weighted by molar-refractivity contribution is 7.13. The third-order valence-electron chi connectivity index (χ3n) is 4.21. The standard InChI is InChI=1S/C17H24N4O2S/c1-10-5-11(2)7-21(6-10)8-14-9-24-17(19-14)20-16(22)15-12(3)18-13(4)23-15/h9-11H,5-8H2,1-4H3,(H,19,20,22). The number of nitrogens with zero attached hydrogens (tertiary/aromatic N) is 3. The Morgan fingerprint density at radius 1 is 1.33 bits per heavy atom. The number of likely N-dealkylation sites (tertiary alicyclic amines) is 1. The fraction of sp³-hybridized carbons (Fsp3) is 0.588. The van der Waals surface area contributed by atoms with E-state index in [-0.39, 0.29) is 11.7 Å². The van der Waals surface area contributed by atoms with Crippen molar-refractivity contribution in [3.8, 4) is 0 Å². The van der Waals surface area contributed by atoms with Crippen LogP contribution in [0.25, 0.3) is 0 Å². The first-order valence-electron chi connectivity index (χ1n) is 8.33. The van der Waals surface area contributed by atoms with Crippen LogP contribution in [0.4, 0.5) is 5.13 Å². The summed E-state index contributed by atoms with van der Waals surface area (Å²) in [6, 6.07) is 0. The van der Waals surface area contributed by atoms with Gasteiger partial charge in [-0.2, -0.15) is 0 Å². The van der Waals surface area contributed by atoms with E-state index in [1.54, 1.807) is 13.8 Å². The minimum Gasteiger partial charge on any atom is -0.436 e. The summed E-state index contributed by atoms with van der Waals surface area (Å²) in [5, 5.41) is 5.41. The minimum atomic E-state index is -0.297. The Bertz CT molecular complexity index is 714. The van der Waals surface area contributed by atoms with Crippen molar-refractivity contribution in [1.29, 1.82) is 0 Å². The van der Waals surface area contributed by atoms with E-state index < -0.39 is 0 Å². The third-order valence-corrected chi connectivity index (χ3v) is 5.02. The third kappa shape index (κ3) is 4.02. The number of amides is 1. The van der Waals surface area contributed by atoms with Gasteiger partial charge in [-0.05, 0) is 25.2 Å². The van der Waals surface area contributed by atoms with Crippen molar-refractivity contribution in [2.24, 2.45) is 11.8 Å². The quantitative estimate of drug-likeness (QED) is 0.916. The SMILES string of the molecule is Cc1nc(C)c(C(=O)Nc2nc(CN3CC(C)CC(C)C3)cs2)o1. The van der Waals surface area contributed by atoms with Crippen LogP contribution in [0.3, 0.4) is 0 Å². The summed E-state index contributed by atoms with van der Waals surface area (Å²) in [6.07, 6.45) is 1.30. The molecule has 2 unspecified atom stereocenters. The molecule has 1 aliphatic heterocycles. The highest BCUT2D eigenvalue weighted by Gasteiger charge is 2.23. The summed E-state index contributed by atoms with van der Waals surface area (Å²) < 4.78 is 5.35. The van der Waals surface area contributed by atoms with E-state index >= 15 is 0 Å². The normalized spacial score (nSPS) is 21.8. The average molecular weight is 348 g/mol. The second-order valence-electron chi connectivity index (χ2n) is 6.89. The summed E-state index contributed by atoms with van der Waals surface area (Å²) >= 11 is 1.44. The molecular formula is C17H24N4O2S. The largest absolute Gasteiger partial charge is 0.436 e. The fourth-order valence-corrected chi connectivity index (χ4v) is 4.18. The Hall–Kier alpha value is -1.73. The van der Waals surface area contributed by atoms with Gasteiger partial charge < -0.3 is 4.42 Å². The zero-order valence-electron chi connectivity index (χ0n) is 14.6. The van der Waals surface area contributed by atoms with Crippen molar-refractivity contribution in [3.63, 3.8) is 0 Å². The van der Waals surface area contributed by atoms with Crippen LogP contribution in [-0.2, 0) is 6.54 Å². The molecule has 1 amide bonds. The van der Waals surface area contributed by atoms with Gasteiger partial charge in [0.05, 0.1) is 11.4 Å². The number of oxazole rings is 1. The highest BCUT2D eigenvalue weighted by Crippen LogP contribution is 2.24. The number of thiazole rings is 1. The van der Waals surface area contributed by atoms with E-state index in [0.29, 0.717) is 16.7 Å². The van der Waals surface area contributed by atoms with Crippen LogP contribution < -0.4 is 5.32 Å². The van der Waals surface area contributed by atoms with Gasteiger partial charge in [0.15, 0.2) is 11.0 Å². The molecule has 1 N–H and O–H groups in total. The van der Waals surface area contributed by atoms with Gasteiger partial charge in [-0.1, -0.05) is 13.8 Å². The van der Waals surface area contributed by atoms with Gasteiger partial charge in [0.1, 0.15) is 0 Å². The molecule has 3 rings (SSSR count). The number of carbonyl (C=O) groups is 1. The predicted molar refractivity (Wildman–Crippen MR) is 94.3 cm³/mol. The Balaban J connectivity index is 1.61. The molecule has 7 heteroatoms. The second kappa shape index (κ2) is 7.03. The molecule has 3 heterocycles. The van der Waals surface area contributed by atoms with E-state index in [9.17, 15) is 4.79 Å². The maximum atomic E-state index is 12.2. The van der Waals surface area contributed by atoms with E-state index in [0.717, 1.165) is 37.2 Å². The van der Waals surface area contributed by atoms with Crippen LogP contribution >= 0.6 is 11.3 Å². The molecule has 0 aromatic carbocycles. The zero-order chi connectivity index (χ0) is 17.3. The van der Waals surface area contributed by atoms with Crippen LogP contribution in [0.2, 0.25) is 0 Å². The maximum absolute atomic E-state index is 12.2. The number of anilines is 1. The monoisotopic (exact) mass is 348 g/mol. The second-order valence-corrected chi connectivity index (χ2v) is 7.74. The summed E-state index contributed by atoms with van der Waals surface area (Å²) in [5.41, 5.74) is 1.60. The summed E-state index contributed by atoms with van der Waals surface area (Å²) in [4.78, 5) is 23.4. The van der Waals surface area contributed by atoms with Crippen LogP contribution in [0, 0.1) is 25.7 Å². The smallest absolute Gasteiger partial charge is 0.295 e. The number of carbonyl (C=O) groups excluding carboxylic acids is 1. The topological polar surface area (TPSA) is 71.3 Å². The molecule has 2 atom stereocenters. The van der Waals surface area contributed by atoms with Gasteiger partial charge in [0, 0.05) is 31.9 Å².